The number of carbonyl (C=O) groups is 2. The molecule has 0 saturated carbocycles. The van der Waals surface area contributed by atoms with Gasteiger partial charge in [-0.1, -0.05) is 82.3 Å². The monoisotopic (exact) mass is 338 g/mol. The lowest BCUT2D eigenvalue weighted by atomic mass is 9.86. The molecule has 0 radical (unpaired) electrons. The molecule has 0 fully saturated rings. The molecule has 0 heterocycles. The fourth-order valence-corrected chi connectivity index (χ4v) is 2.59. The lowest BCUT2D eigenvalue weighted by molar-refractivity contribution is -0.120. The summed E-state index contributed by atoms with van der Waals surface area (Å²) in [5, 5.41) is 10.3. The van der Waals surface area contributed by atoms with E-state index in [0.29, 0.717) is 5.56 Å². The SMILES string of the molecule is CC.CC.O=C(Cc1ccccc1)C1=C(O)c2ccccc2CC1=O. The van der Waals surface area contributed by atoms with Crippen LogP contribution in [-0.2, 0) is 22.4 Å². The summed E-state index contributed by atoms with van der Waals surface area (Å²) in [5.74, 6) is -0.840. The summed E-state index contributed by atoms with van der Waals surface area (Å²) < 4.78 is 0. The first kappa shape index (κ1) is 20.4. The molecule has 2 aromatic carbocycles. The number of ketones is 2. The largest absolute Gasteiger partial charge is 0.506 e. The minimum absolute atomic E-state index is 0.0717. The summed E-state index contributed by atoms with van der Waals surface area (Å²) in [7, 11) is 0. The maximum absolute atomic E-state index is 12.4. The van der Waals surface area contributed by atoms with Crippen LogP contribution in [0, 0.1) is 0 Å². The van der Waals surface area contributed by atoms with E-state index in [0.717, 1.165) is 11.1 Å². The Labute approximate surface area is 150 Å². The van der Waals surface area contributed by atoms with Gasteiger partial charge in [0.15, 0.2) is 11.6 Å². The number of rotatable bonds is 3. The number of hydrogen-bond donors (Lipinski definition) is 1. The van der Waals surface area contributed by atoms with Crippen molar-refractivity contribution in [2.45, 2.75) is 40.5 Å². The van der Waals surface area contributed by atoms with Gasteiger partial charge in [-0.25, -0.2) is 0 Å². The summed E-state index contributed by atoms with van der Waals surface area (Å²) in [6.07, 6.45) is 0.282. The molecule has 0 atom stereocenters. The van der Waals surface area contributed by atoms with Gasteiger partial charge >= 0.3 is 0 Å². The van der Waals surface area contributed by atoms with Crippen LogP contribution < -0.4 is 0 Å². The molecule has 1 aliphatic rings. The Balaban J connectivity index is 0.000000730. The topological polar surface area (TPSA) is 54.4 Å². The summed E-state index contributed by atoms with van der Waals surface area (Å²) in [5.41, 5.74) is 2.09. The smallest absolute Gasteiger partial charge is 0.174 e. The van der Waals surface area contributed by atoms with E-state index in [1.807, 2.05) is 64.1 Å². The molecule has 3 rings (SSSR count). The standard InChI is InChI=1S/C18H14O3.2C2H6/c19-15(10-12-6-2-1-3-7-12)17-16(20)11-13-8-4-5-9-14(13)18(17)21;2*1-2/h1-9,21H,10-11H2;2*1-2H3. The van der Waals surface area contributed by atoms with Gasteiger partial charge in [0, 0.05) is 18.4 Å². The van der Waals surface area contributed by atoms with E-state index < -0.39 is 0 Å². The minimum Gasteiger partial charge on any atom is -0.506 e. The Morgan fingerprint density at radius 2 is 1.48 bits per heavy atom. The van der Waals surface area contributed by atoms with Crippen molar-refractivity contribution in [2.24, 2.45) is 0 Å². The first-order valence-corrected chi connectivity index (χ1v) is 8.78. The molecule has 3 heteroatoms. The highest BCUT2D eigenvalue weighted by molar-refractivity contribution is 6.26. The molecule has 0 spiro atoms. The molecule has 0 aliphatic heterocycles. The summed E-state index contributed by atoms with van der Waals surface area (Å²) in [6, 6.07) is 16.3. The number of carbonyl (C=O) groups excluding carboxylic acids is 2. The molecule has 0 saturated heterocycles. The van der Waals surface area contributed by atoms with Crippen molar-refractivity contribution in [1.29, 1.82) is 0 Å². The average molecular weight is 338 g/mol. The van der Waals surface area contributed by atoms with E-state index in [2.05, 4.69) is 0 Å². The summed E-state index contributed by atoms with van der Waals surface area (Å²) in [6.45, 7) is 8.00. The second-order valence-corrected chi connectivity index (χ2v) is 5.07. The van der Waals surface area contributed by atoms with Gasteiger partial charge in [-0.05, 0) is 11.1 Å². The maximum Gasteiger partial charge on any atom is 0.174 e. The zero-order chi connectivity index (χ0) is 18.8. The number of benzene rings is 2. The number of Topliss-reactive ketones (excluding diaryl/α,β-unsaturated/α-hetero) is 2. The quantitative estimate of drug-likeness (QED) is 0.806. The Bertz CT molecular complexity index is 743. The molecule has 2 aromatic rings. The van der Waals surface area contributed by atoms with Crippen molar-refractivity contribution >= 4 is 17.3 Å². The van der Waals surface area contributed by atoms with Crippen LogP contribution in [-0.4, -0.2) is 16.7 Å². The Kier molecular flexibility index (Phi) is 8.34. The summed E-state index contributed by atoms with van der Waals surface area (Å²) in [4.78, 5) is 24.5. The zero-order valence-electron chi connectivity index (χ0n) is 15.4. The number of allylic oxidation sites excluding steroid dienone is 1. The second kappa shape index (κ2) is 10.2. The van der Waals surface area contributed by atoms with Gasteiger partial charge < -0.3 is 5.11 Å². The second-order valence-electron chi connectivity index (χ2n) is 5.07. The first-order chi connectivity index (χ1) is 12.2. The van der Waals surface area contributed by atoms with E-state index in [9.17, 15) is 14.7 Å². The van der Waals surface area contributed by atoms with Crippen molar-refractivity contribution < 1.29 is 14.7 Å². The van der Waals surface area contributed by atoms with Crippen LogP contribution in [0.2, 0.25) is 0 Å². The number of aliphatic hydroxyl groups is 1. The van der Waals surface area contributed by atoms with Crippen LogP contribution >= 0.6 is 0 Å². The van der Waals surface area contributed by atoms with Crippen molar-refractivity contribution in [3.05, 3.63) is 76.9 Å². The highest BCUT2D eigenvalue weighted by Crippen LogP contribution is 2.28. The van der Waals surface area contributed by atoms with E-state index in [1.54, 1.807) is 18.2 Å². The van der Waals surface area contributed by atoms with Crippen molar-refractivity contribution in [1.82, 2.24) is 0 Å². The molecule has 1 aliphatic carbocycles. The minimum atomic E-state index is -0.335. The third-order valence-corrected chi connectivity index (χ3v) is 3.63. The van der Waals surface area contributed by atoms with Gasteiger partial charge in [0.25, 0.3) is 0 Å². The van der Waals surface area contributed by atoms with E-state index in [4.69, 9.17) is 0 Å². The Morgan fingerprint density at radius 3 is 2.12 bits per heavy atom. The van der Waals surface area contributed by atoms with Crippen LogP contribution in [0.15, 0.2) is 60.2 Å². The third-order valence-electron chi connectivity index (χ3n) is 3.63. The van der Waals surface area contributed by atoms with Gasteiger partial charge in [-0.2, -0.15) is 0 Å². The third kappa shape index (κ3) is 4.90. The lowest BCUT2D eigenvalue weighted by Crippen LogP contribution is -2.23. The molecule has 0 aromatic heterocycles. The Hall–Kier alpha value is -2.68. The van der Waals surface area contributed by atoms with Crippen LogP contribution in [0.1, 0.15) is 44.4 Å². The highest BCUT2D eigenvalue weighted by Gasteiger charge is 2.29. The lowest BCUT2D eigenvalue weighted by Gasteiger charge is -2.17. The normalized spacial score (nSPS) is 12.2. The zero-order valence-corrected chi connectivity index (χ0v) is 15.4. The van der Waals surface area contributed by atoms with Gasteiger partial charge in [0.05, 0.1) is 0 Å². The molecule has 25 heavy (non-hydrogen) atoms. The van der Waals surface area contributed by atoms with E-state index in [-0.39, 0.29) is 35.7 Å². The number of aliphatic hydroxyl groups excluding tert-OH is 1. The fraction of sp³-hybridized carbons (Fsp3) is 0.273. The van der Waals surface area contributed by atoms with E-state index >= 15 is 0 Å². The number of fused-ring (bicyclic) bond motifs is 1. The molecular formula is C22H26O3. The van der Waals surface area contributed by atoms with Crippen LogP contribution in [0.4, 0.5) is 0 Å². The average Bonchev–Trinajstić information content (AvgIpc) is 2.66. The van der Waals surface area contributed by atoms with Gasteiger partial charge in [0.1, 0.15) is 11.3 Å². The predicted octanol–water partition coefficient (Wildman–Crippen LogP) is 4.95. The van der Waals surface area contributed by atoms with Gasteiger partial charge in [0.2, 0.25) is 0 Å². The fourth-order valence-electron chi connectivity index (χ4n) is 2.59. The Morgan fingerprint density at radius 1 is 0.920 bits per heavy atom. The molecule has 3 nitrogen and oxygen atoms in total. The molecule has 0 bridgehead atoms. The van der Waals surface area contributed by atoms with Crippen molar-refractivity contribution in [3.63, 3.8) is 0 Å². The maximum atomic E-state index is 12.4. The van der Waals surface area contributed by atoms with E-state index in [1.165, 1.54) is 0 Å². The number of hydrogen-bond acceptors (Lipinski definition) is 3. The molecule has 0 unspecified atom stereocenters. The van der Waals surface area contributed by atoms with Crippen LogP contribution in [0.3, 0.4) is 0 Å². The van der Waals surface area contributed by atoms with Gasteiger partial charge in [-0.15, -0.1) is 0 Å². The first-order valence-electron chi connectivity index (χ1n) is 8.78. The van der Waals surface area contributed by atoms with Crippen LogP contribution in [0.5, 0.6) is 0 Å². The molecule has 1 N–H and O–H groups in total. The highest BCUT2D eigenvalue weighted by atomic mass is 16.3. The predicted molar refractivity (Wildman–Crippen MR) is 103 cm³/mol. The summed E-state index contributed by atoms with van der Waals surface area (Å²) >= 11 is 0. The van der Waals surface area contributed by atoms with Crippen molar-refractivity contribution in [2.75, 3.05) is 0 Å². The van der Waals surface area contributed by atoms with Crippen molar-refractivity contribution in [3.8, 4) is 0 Å². The molecule has 0 amide bonds. The van der Waals surface area contributed by atoms with Gasteiger partial charge in [-0.3, -0.25) is 9.59 Å². The van der Waals surface area contributed by atoms with Crippen LogP contribution in [0.25, 0.3) is 5.76 Å². The molecule has 132 valence electrons. The molecular weight excluding hydrogens is 312 g/mol.